The normalized spacial score (nSPS) is 29.4. The fourth-order valence-electron chi connectivity index (χ4n) is 12.9. The van der Waals surface area contributed by atoms with E-state index in [-0.39, 0.29) is 11.9 Å². The highest BCUT2D eigenvalue weighted by atomic mass is 16.5. The molecular formula is C52H92O4. The Hall–Kier alpha value is -1.32. The molecule has 0 spiro atoms. The van der Waals surface area contributed by atoms with E-state index in [1.54, 1.807) is 0 Å². The van der Waals surface area contributed by atoms with E-state index in [0.717, 1.165) is 54.3 Å². The lowest BCUT2D eigenvalue weighted by molar-refractivity contribution is -0.146. The highest BCUT2D eigenvalue weighted by Gasteiger charge is 2.56. The van der Waals surface area contributed by atoms with Crippen LogP contribution in [-0.4, -0.2) is 25.2 Å². The van der Waals surface area contributed by atoms with Crippen molar-refractivity contribution in [2.45, 2.75) is 233 Å². The summed E-state index contributed by atoms with van der Waals surface area (Å²) < 4.78 is 11.3. The molecule has 0 saturated heterocycles. The van der Waals surface area contributed by atoms with Gasteiger partial charge in [0.15, 0.2) is 0 Å². The maximum absolute atomic E-state index is 12.8. The minimum atomic E-state index is -0.301. The minimum Gasteiger partial charge on any atom is -0.465 e. The van der Waals surface area contributed by atoms with Crippen LogP contribution in [0.1, 0.15) is 233 Å². The van der Waals surface area contributed by atoms with Crippen molar-refractivity contribution in [3.05, 3.63) is 12.7 Å². The maximum Gasteiger partial charge on any atom is 0.330 e. The Bertz CT molecular complexity index is 1050. The zero-order valence-electron chi connectivity index (χ0n) is 37.4. The third kappa shape index (κ3) is 16.4. The molecule has 324 valence electrons. The maximum atomic E-state index is 12.8. The second-order valence-corrected chi connectivity index (χ2v) is 19.9. The van der Waals surface area contributed by atoms with Gasteiger partial charge in [0.05, 0.1) is 13.2 Å². The molecule has 0 heterocycles. The number of unbranched alkanes of at least 4 members (excludes halogenated alkanes) is 18. The van der Waals surface area contributed by atoms with Crippen LogP contribution in [0.5, 0.6) is 0 Å². The van der Waals surface area contributed by atoms with Crippen LogP contribution in [0.4, 0.5) is 0 Å². The molecule has 0 aliphatic heterocycles. The zero-order chi connectivity index (χ0) is 39.8. The highest BCUT2D eigenvalue weighted by molar-refractivity contribution is 5.81. The van der Waals surface area contributed by atoms with Gasteiger partial charge in [0.1, 0.15) is 0 Å². The van der Waals surface area contributed by atoms with E-state index in [4.69, 9.17) is 9.47 Å². The SMILES string of the molecule is C=CC(=O)OCC1C[C@@H]2C3CC(CC3COC(=O)CCCCCCCCC3C(CCCCCCCC)CCC(CCCCCC)C3CCCCCCCC)[C@@H]2C1. The largest absolute Gasteiger partial charge is 0.465 e. The van der Waals surface area contributed by atoms with Gasteiger partial charge in [-0.3, -0.25) is 4.79 Å². The molecule has 4 aliphatic rings. The Morgan fingerprint density at radius 3 is 1.54 bits per heavy atom. The molecule has 0 aromatic rings. The predicted molar refractivity (Wildman–Crippen MR) is 236 cm³/mol. The van der Waals surface area contributed by atoms with Gasteiger partial charge >= 0.3 is 11.9 Å². The lowest BCUT2D eigenvalue weighted by Gasteiger charge is -2.44. The highest BCUT2D eigenvalue weighted by Crippen LogP contribution is 2.62. The second kappa shape index (κ2) is 28.2. The molecule has 10 atom stereocenters. The van der Waals surface area contributed by atoms with Crippen molar-refractivity contribution in [3.8, 4) is 0 Å². The lowest BCUT2D eigenvalue weighted by Crippen LogP contribution is -2.35. The smallest absolute Gasteiger partial charge is 0.330 e. The van der Waals surface area contributed by atoms with Crippen LogP contribution in [0, 0.1) is 59.2 Å². The van der Waals surface area contributed by atoms with Crippen molar-refractivity contribution in [3.63, 3.8) is 0 Å². The molecule has 0 radical (unpaired) electrons. The summed E-state index contributed by atoms with van der Waals surface area (Å²) >= 11 is 0. The van der Waals surface area contributed by atoms with Crippen LogP contribution >= 0.6 is 0 Å². The van der Waals surface area contributed by atoms with Gasteiger partial charge in [-0.05, 0) is 117 Å². The number of carbonyl (C=O) groups excluding carboxylic acids is 2. The van der Waals surface area contributed by atoms with Crippen LogP contribution in [0.2, 0.25) is 0 Å². The number of hydrogen-bond acceptors (Lipinski definition) is 4. The molecule has 2 bridgehead atoms. The van der Waals surface area contributed by atoms with Gasteiger partial charge in [0, 0.05) is 12.5 Å². The van der Waals surface area contributed by atoms with Gasteiger partial charge in [0.2, 0.25) is 0 Å². The van der Waals surface area contributed by atoms with E-state index in [2.05, 4.69) is 27.4 Å². The van der Waals surface area contributed by atoms with E-state index in [1.165, 1.54) is 199 Å². The minimum absolute atomic E-state index is 0.0271. The summed E-state index contributed by atoms with van der Waals surface area (Å²) in [5.41, 5.74) is 0. The summed E-state index contributed by atoms with van der Waals surface area (Å²) in [4.78, 5) is 24.3. The fourth-order valence-corrected chi connectivity index (χ4v) is 12.9. The van der Waals surface area contributed by atoms with Crippen molar-refractivity contribution >= 4 is 11.9 Å². The molecule has 4 nitrogen and oxygen atoms in total. The van der Waals surface area contributed by atoms with Gasteiger partial charge in [-0.1, -0.05) is 175 Å². The Morgan fingerprint density at radius 2 is 0.982 bits per heavy atom. The van der Waals surface area contributed by atoms with E-state index >= 15 is 0 Å². The molecule has 56 heavy (non-hydrogen) atoms. The lowest BCUT2D eigenvalue weighted by atomic mass is 9.61. The molecule has 4 saturated carbocycles. The number of hydrogen-bond donors (Lipinski definition) is 0. The third-order valence-corrected chi connectivity index (χ3v) is 15.9. The van der Waals surface area contributed by atoms with Crippen molar-refractivity contribution in [2.75, 3.05) is 13.2 Å². The van der Waals surface area contributed by atoms with Crippen LogP contribution in [0.15, 0.2) is 12.7 Å². The van der Waals surface area contributed by atoms with Crippen molar-refractivity contribution in [2.24, 2.45) is 59.2 Å². The van der Waals surface area contributed by atoms with E-state index in [0.29, 0.717) is 37.4 Å². The van der Waals surface area contributed by atoms with Gasteiger partial charge in [0.25, 0.3) is 0 Å². The Morgan fingerprint density at radius 1 is 0.500 bits per heavy atom. The molecule has 0 amide bonds. The molecule has 4 rings (SSSR count). The quantitative estimate of drug-likeness (QED) is 0.0378. The molecule has 8 unspecified atom stereocenters. The second-order valence-electron chi connectivity index (χ2n) is 19.9. The van der Waals surface area contributed by atoms with Crippen molar-refractivity contribution < 1.29 is 19.1 Å². The number of ether oxygens (including phenoxy) is 2. The van der Waals surface area contributed by atoms with Crippen molar-refractivity contribution in [1.29, 1.82) is 0 Å². The average molecular weight is 781 g/mol. The van der Waals surface area contributed by atoms with Crippen LogP contribution in [0.3, 0.4) is 0 Å². The summed E-state index contributed by atoms with van der Waals surface area (Å²) in [6.07, 6.45) is 46.2. The van der Waals surface area contributed by atoms with E-state index < -0.39 is 0 Å². The average Bonchev–Trinajstić information content (AvgIpc) is 3.92. The number of rotatable bonds is 33. The summed E-state index contributed by atoms with van der Waals surface area (Å²) in [6, 6.07) is 0. The summed E-state index contributed by atoms with van der Waals surface area (Å²) in [5.74, 6) is 7.68. The standard InChI is InChI=1S/C52H92O4/c1-5-9-12-15-19-24-29-43-34-33-42(28-23-14-11-7-3)46(30-25-20-16-13-10-6-2)47(43)31-26-21-17-18-22-27-32-52(54)56-40-45-37-44-38-49(45)50-36-41(35-48(44)50)39-55-51(53)8-4/h8,41-50H,4-7,9-40H2,1-3H3/t41?,42?,43?,44?,45?,46?,47?,48-,49?,50-/m0/s1. The van der Waals surface area contributed by atoms with Crippen LogP contribution in [0.25, 0.3) is 0 Å². The van der Waals surface area contributed by atoms with Gasteiger partial charge < -0.3 is 9.47 Å². The summed E-state index contributed by atoms with van der Waals surface area (Å²) in [6.45, 7) is 11.7. The zero-order valence-corrected chi connectivity index (χ0v) is 37.4. The molecule has 4 aliphatic carbocycles. The number of fused-ring (bicyclic) bond motifs is 5. The molecule has 0 N–H and O–H groups in total. The van der Waals surface area contributed by atoms with Crippen molar-refractivity contribution in [1.82, 2.24) is 0 Å². The Kier molecular flexibility index (Phi) is 23.9. The number of esters is 2. The van der Waals surface area contributed by atoms with E-state index in [1.807, 2.05) is 0 Å². The molecule has 4 fully saturated rings. The van der Waals surface area contributed by atoms with Gasteiger partial charge in [-0.2, -0.15) is 0 Å². The fraction of sp³-hybridized carbons (Fsp3) is 0.923. The monoisotopic (exact) mass is 781 g/mol. The Balaban J connectivity index is 1.14. The molecule has 4 heteroatoms. The first-order valence-corrected chi connectivity index (χ1v) is 25.4. The first-order chi connectivity index (χ1) is 27.5. The summed E-state index contributed by atoms with van der Waals surface area (Å²) in [5, 5.41) is 0. The van der Waals surface area contributed by atoms with Gasteiger partial charge in [-0.25, -0.2) is 4.79 Å². The summed E-state index contributed by atoms with van der Waals surface area (Å²) in [7, 11) is 0. The van der Waals surface area contributed by atoms with Gasteiger partial charge in [-0.15, -0.1) is 0 Å². The first kappa shape index (κ1) is 47.4. The topological polar surface area (TPSA) is 52.6 Å². The van der Waals surface area contributed by atoms with Crippen LogP contribution in [-0.2, 0) is 19.1 Å². The first-order valence-electron chi connectivity index (χ1n) is 25.4. The number of carbonyl (C=O) groups is 2. The Labute approximate surface area is 347 Å². The van der Waals surface area contributed by atoms with Crippen LogP contribution < -0.4 is 0 Å². The molecule has 0 aromatic carbocycles. The third-order valence-electron chi connectivity index (χ3n) is 15.9. The molecule has 0 aromatic heterocycles. The molecular weight excluding hydrogens is 689 g/mol. The predicted octanol–water partition coefficient (Wildman–Crippen LogP) is 15.4. The van der Waals surface area contributed by atoms with E-state index in [9.17, 15) is 9.59 Å².